The van der Waals surface area contributed by atoms with Crippen LogP contribution in [0.2, 0.25) is 0 Å². The van der Waals surface area contributed by atoms with E-state index in [1.165, 1.54) is 4.57 Å². The van der Waals surface area contributed by atoms with Crippen molar-refractivity contribution < 1.29 is 4.79 Å². The largest absolute Gasteiger partial charge is 0.347 e. The number of amides is 1. The molecule has 0 atom stereocenters. The number of hydrogen-bond acceptors (Lipinski definition) is 3. The van der Waals surface area contributed by atoms with Crippen molar-refractivity contribution in [3.63, 3.8) is 0 Å². The summed E-state index contributed by atoms with van der Waals surface area (Å²) in [7, 11) is 0. The molecule has 0 aliphatic carbocycles. The van der Waals surface area contributed by atoms with Crippen LogP contribution in [0.4, 0.5) is 0 Å². The van der Waals surface area contributed by atoms with Crippen LogP contribution in [0.1, 0.15) is 23.0 Å². The number of rotatable bonds is 4. The van der Waals surface area contributed by atoms with E-state index in [9.17, 15) is 9.59 Å². The monoisotopic (exact) mass is 307 g/mol. The number of fused-ring (bicyclic) bond motifs is 1. The van der Waals surface area contributed by atoms with E-state index in [0.29, 0.717) is 24.2 Å². The van der Waals surface area contributed by atoms with Gasteiger partial charge in [-0.1, -0.05) is 24.3 Å². The van der Waals surface area contributed by atoms with E-state index in [0.717, 1.165) is 10.9 Å². The van der Waals surface area contributed by atoms with Crippen LogP contribution in [0.15, 0.2) is 59.7 Å². The summed E-state index contributed by atoms with van der Waals surface area (Å²) >= 11 is 0. The van der Waals surface area contributed by atoms with Gasteiger partial charge in [0.05, 0.1) is 0 Å². The second-order valence-electron chi connectivity index (χ2n) is 5.21. The molecule has 1 amide bonds. The summed E-state index contributed by atoms with van der Waals surface area (Å²) in [5, 5.41) is 4.24. The highest BCUT2D eigenvalue weighted by atomic mass is 16.2. The summed E-state index contributed by atoms with van der Waals surface area (Å²) in [6.07, 6.45) is 3.39. The lowest BCUT2D eigenvalue weighted by Crippen LogP contribution is -2.31. The van der Waals surface area contributed by atoms with Crippen LogP contribution < -0.4 is 10.9 Å². The molecule has 0 radical (unpaired) electrons. The number of benzene rings is 1. The molecule has 23 heavy (non-hydrogen) atoms. The molecule has 2 heterocycles. The summed E-state index contributed by atoms with van der Waals surface area (Å²) in [5.41, 5.74) is 1.14. The molecule has 0 aliphatic heterocycles. The summed E-state index contributed by atoms with van der Waals surface area (Å²) in [4.78, 5) is 29.1. The number of nitrogens with one attached hydrogen (secondary N) is 1. The maximum absolute atomic E-state index is 12.5. The van der Waals surface area contributed by atoms with Crippen LogP contribution in [0.25, 0.3) is 10.8 Å². The molecule has 3 aromatic rings. The second-order valence-corrected chi connectivity index (χ2v) is 5.21. The Hall–Kier alpha value is -2.95. The average molecular weight is 307 g/mol. The highest BCUT2D eigenvalue weighted by Crippen LogP contribution is 2.12. The summed E-state index contributed by atoms with van der Waals surface area (Å²) < 4.78 is 1.50. The predicted molar refractivity (Wildman–Crippen MR) is 89.3 cm³/mol. The van der Waals surface area contributed by atoms with Gasteiger partial charge in [-0.3, -0.25) is 14.6 Å². The van der Waals surface area contributed by atoms with Crippen molar-refractivity contribution >= 4 is 16.7 Å². The third-order valence-electron chi connectivity index (χ3n) is 3.74. The Bertz CT molecular complexity index is 901. The standard InChI is InChI=1S/C18H17N3O2/c1-2-21-16(10-14-7-3-4-8-15(14)18(21)23)17(22)20-12-13-6-5-9-19-11-13/h3-11H,2,12H2,1H3,(H,20,22). The molecular weight excluding hydrogens is 290 g/mol. The first-order valence-electron chi connectivity index (χ1n) is 7.50. The van der Waals surface area contributed by atoms with Crippen LogP contribution in [0.5, 0.6) is 0 Å². The third kappa shape index (κ3) is 2.99. The van der Waals surface area contributed by atoms with Crippen molar-refractivity contribution in [1.29, 1.82) is 0 Å². The van der Waals surface area contributed by atoms with Crippen molar-refractivity contribution in [2.45, 2.75) is 20.0 Å². The molecule has 2 aromatic heterocycles. The molecule has 0 saturated carbocycles. The second kappa shape index (κ2) is 6.44. The minimum Gasteiger partial charge on any atom is -0.347 e. The molecule has 1 N–H and O–H groups in total. The molecule has 0 saturated heterocycles. The van der Waals surface area contributed by atoms with Crippen LogP contribution >= 0.6 is 0 Å². The molecular formula is C18H17N3O2. The van der Waals surface area contributed by atoms with E-state index >= 15 is 0 Å². The Kier molecular flexibility index (Phi) is 4.19. The fourth-order valence-corrected chi connectivity index (χ4v) is 2.58. The first-order valence-corrected chi connectivity index (χ1v) is 7.50. The van der Waals surface area contributed by atoms with Crippen molar-refractivity contribution in [1.82, 2.24) is 14.9 Å². The van der Waals surface area contributed by atoms with Gasteiger partial charge < -0.3 is 9.88 Å². The number of carbonyl (C=O) groups is 1. The Morgan fingerprint density at radius 1 is 1.22 bits per heavy atom. The first kappa shape index (κ1) is 15.0. The average Bonchev–Trinajstić information content (AvgIpc) is 2.60. The highest BCUT2D eigenvalue weighted by molar-refractivity contribution is 5.96. The van der Waals surface area contributed by atoms with Crippen molar-refractivity contribution in [3.8, 4) is 0 Å². The van der Waals surface area contributed by atoms with Gasteiger partial charge in [0.25, 0.3) is 11.5 Å². The summed E-state index contributed by atoms with van der Waals surface area (Å²) in [5.74, 6) is -0.265. The van der Waals surface area contributed by atoms with Gasteiger partial charge >= 0.3 is 0 Å². The Morgan fingerprint density at radius 2 is 2.04 bits per heavy atom. The maximum atomic E-state index is 12.5. The van der Waals surface area contributed by atoms with Crippen LogP contribution in [-0.2, 0) is 13.1 Å². The van der Waals surface area contributed by atoms with Gasteiger partial charge in [0.15, 0.2) is 0 Å². The minimum atomic E-state index is -0.265. The molecule has 3 rings (SSSR count). The van der Waals surface area contributed by atoms with Crippen LogP contribution in [0.3, 0.4) is 0 Å². The molecule has 5 nitrogen and oxygen atoms in total. The molecule has 0 bridgehead atoms. The van der Waals surface area contributed by atoms with Gasteiger partial charge in [0, 0.05) is 30.9 Å². The van der Waals surface area contributed by atoms with E-state index in [1.54, 1.807) is 24.5 Å². The van der Waals surface area contributed by atoms with Crippen molar-refractivity contribution in [3.05, 3.63) is 76.5 Å². The fourth-order valence-electron chi connectivity index (χ4n) is 2.58. The number of pyridine rings is 2. The van der Waals surface area contributed by atoms with Gasteiger partial charge in [0.2, 0.25) is 0 Å². The van der Waals surface area contributed by atoms with Crippen molar-refractivity contribution in [2.24, 2.45) is 0 Å². The number of nitrogens with zero attached hydrogens (tertiary/aromatic N) is 2. The Labute approximate surface area is 133 Å². The first-order chi connectivity index (χ1) is 11.2. The zero-order chi connectivity index (χ0) is 16.2. The number of aromatic nitrogens is 2. The van der Waals surface area contributed by atoms with E-state index < -0.39 is 0 Å². The van der Waals surface area contributed by atoms with Gasteiger partial charge in [-0.2, -0.15) is 0 Å². The lowest BCUT2D eigenvalue weighted by atomic mass is 10.1. The number of carbonyl (C=O) groups excluding carboxylic acids is 1. The minimum absolute atomic E-state index is 0.142. The van der Waals surface area contributed by atoms with Gasteiger partial charge in [0.1, 0.15) is 5.69 Å². The lowest BCUT2D eigenvalue weighted by molar-refractivity contribution is 0.0940. The molecule has 0 fully saturated rings. The third-order valence-corrected chi connectivity index (χ3v) is 3.74. The summed E-state index contributed by atoms with van der Waals surface area (Å²) in [6, 6.07) is 12.8. The molecule has 5 heteroatoms. The zero-order valence-electron chi connectivity index (χ0n) is 12.8. The normalized spacial score (nSPS) is 10.7. The van der Waals surface area contributed by atoms with Gasteiger partial charge in [-0.05, 0) is 36.1 Å². The van der Waals surface area contributed by atoms with Crippen molar-refractivity contribution in [2.75, 3.05) is 0 Å². The molecule has 0 spiro atoms. The predicted octanol–water partition coefficient (Wildman–Crippen LogP) is 2.35. The Morgan fingerprint density at radius 3 is 2.78 bits per heavy atom. The smallest absolute Gasteiger partial charge is 0.268 e. The topological polar surface area (TPSA) is 64.0 Å². The molecule has 0 unspecified atom stereocenters. The lowest BCUT2D eigenvalue weighted by Gasteiger charge is -2.13. The molecule has 0 aliphatic rings. The fraction of sp³-hybridized carbons (Fsp3) is 0.167. The van der Waals surface area contributed by atoms with Crippen LogP contribution in [-0.4, -0.2) is 15.5 Å². The highest BCUT2D eigenvalue weighted by Gasteiger charge is 2.14. The van der Waals surface area contributed by atoms with Gasteiger partial charge in [-0.15, -0.1) is 0 Å². The van der Waals surface area contributed by atoms with E-state index in [4.69, 9.17) is 0 Å². The summed E-state index contributed by atoms with van der Waals surface area (Å²) in [6.45, 7) is 2.67. The van der Waals surface area contributed by atoms with E-state index in [2.05, 4.69) is 10.3 Å². The molecule has 116 valence electrons. The van der Waals surface area contributed by atoms with Crippen LogP contribution in [0, 0.1) is 0 Å². The van der Waals surface area contributed by atoms with Gasteiger partial charge in [-0.25, -0.2) is 0 Å². The zero-order valence-corrected chi connectivity index (χ0v) is 12.8. The Balaban J connectivity index is 1.95. The SMILES string of the molecule is CCn1c(C(=O)NCc2cccnc2)cc2ccccc2c1=O. The molecule has 1 aromatic carbocycles. The number of hydrogen-bond donors (Lipinski definition) is 1. The maximum Gasteiger partial charge on any atom is 0.268 e. The van der Waals surface area contributed by atoms with E-state index in [-0.39, 0.29) is 11.5 Å². The quantitative estimate of drug-likeness (QED) is 0.804. The van der Waals surface area contributed by atoms with E-state index in [1.807, 2.05) is 37.3 Å².